The number of amides is 1. The smallest absolute Gasteiger partial charge is 0.320 e. The van der Waals surface area contributed by atoms with Crippen molar-refractivity contribution in [3.63, 3.8) is 0 Å². The van der Waals surface area contributed by atoms with E-state index in [0.29, 0.717) is 43.0 Å². The minimum absolute atomic E-state index is 0.199. The maximum Gasteiger partial charge on any atom is 0.320 e. The van der Waals surface area contributed by atoms with E-state index in [2.05, 4.69) is 25.7 Å². The van der Waals surface area contributed by atoms with Gasteiger partial charge in [-0.05, 0) is 38.3 Å². The van der Waals surface area contributed by atoms with Gasteiger partial charge in [0.15, 0.2) is 5.82 Å². The van der Waals surface area contributed by atoms with E-state index in [4.69, 9.17) is 10.8 Å². The Morgan fingerprint density at radius 2 is 1.76 bits per heavy atom. The Balaban J connectivity index is 1.80. The third kappa shape index (κ3) is 5.57. The lowest BCUT2D eigenvalue weighted by atomic mass is 10.1. The lowest BCUT2D eigenvalue weighted by Crippen LogP contribution is -2.30. The fraction of sp³-hybridized carbons (Fsp3) is 0.375. The predicted molar refractivity (Wildman–Crippen MR) is 89.6 cm³/mol. The molecule has 0 saturated heterocycles. The molecule has 0 aliphatic carbocycles. The third-order valence-corrected chi connectivity index (χ3v) is 3.53. The van der Waals surface area contributed by atoms with Gasteiger partial charge in [-0.2, -0.15) is 0 Å². The Kier molecular flexibility index (Phi) is 6.47. The maximum atomic E-state index is 12.1. The SMILES string of the molecule is Cc1nnc(-c2ccc(C(=O)NCCCCC(N)C(=O)O)cc2)nn1. The summed E-state index contributed by atoms with van der Waals surface area (Å²) in [6, 6.07) is 5.96. The number of nitrogens with two attached hydrogens (primary N) is 1. The quantitative estimate of drug-likeness (QED) is 0.589. The highest BCUT2D eigenvalue weighted by molar-refractivity contribution is 5.94. The van der Waals surface area contributed by atoms with Crippen LogP contribution >= 0.6 is 0 Å². The monoisotopic (exact) mass is 344 g/mol. The Bertz CT molecular complexity index is 718. The lowest BCUT2D eigenvalue weighted by molar-refractivity contribution is -0.138. The molecule has 1 amide bonds. The van der Waals surface area contributed by atoms with Crippen LogP contribution in [0.2, 0.25) is 0 Å². The molecule has 0 saturated carbocycles. The summed E-state index contributed by atoms with van der Waals surface area (Å²) in [6.07, 6.45) is 1.69. The van der Waals surface area contributed by atoms with Crippen LogP contribution in [0, 0.1) is 6.92 Å². The van der Waals surface area contributed by atoms with Crippen molar-refractivity contribution in [2.24, 2.45) is 5.73 Å². The number of aliphatic carboxylic acids is 1. The normalized spacial score (nSPS) is 11.8. The van der Waals surface area contributed by atoms with Crippen molar-refractivity contribution >= 4 is 11.9 Å². The maximum absolute atomic E-state index is 12.1. The highest BCUT2D eigenvalue weighted by Gasteiger charge is 2.11. The van der Waals surface area contributed by atoms with Gasteiger partial charge in [-0.25, -0.2) is 0 Å². The van der Waals surface area contributed by atoms with Gasteiger partial charge in [-0.3, -0.25) is 9.59 Å². The first-order valence-electron chi connectivity index (χ1n) is 7.88. The van der Waals surface area contributed by atoms with Crippen molar-refractivity contribution in [1.82, 2.24) is 25.7 Å². The standard InChI is InChI=1S/C16H20N6O3/c1-10-19-21-14(22-20-10)11-5-7-12(8-6-11)15(23)18-9-3-2-4-13(17)16(24)25/h5-8,13H,2-4,9,17H2,1H3,(H,18,23)(H,24,25). The highest BCUT2D eigenvalue weighted by Crippen LogP contribution is 2.14. The molecule has 132 valence electrons. The summed E-state index contributed by atoms with van der Waals surface area (Å²) in [6.45, 7) is 2.16. The number of carboxylic acids is 1. The molecule has 2 rings (SSSR count). The van der Waals surface area contributed by atoms with Gasteiger partial charge in [-0.1, -0.05) is 12.1 Å². The van der Waals surface area contributed by atoms with Crippen LogP contribution in [0.5, 0.6) is 0 Å². The summed E-state index contributed by atoms with van der Waals surface area (Å²) in [5.41, 5.74) is 6.65. The van der Waals surface area contributed by atoms with Crippen molar-refractivity contribution in [2.45, 2.75) is 32.2 Å². The molecule has 2 aromatic rings. The van der Waals surface area contributed by atoms with Gasteiger partial charge in [0.2, 0.25) is 5.82 Å². The molecule has 0 radical (unpaired) electrons. The second-order valence-electron chi connectivity index (χ2n) is 5.54. The van der Waals surface area contributed by atoms with E-state index in [9.17, 15) is 9.59 Å². The van der Waals surface area contributed by atoms with Crippen molar-refractivity contribution in [2.75, 3.05) is 6.54 Å². The van der Waals surface area contributed by atoms with E-state index in [1.54, 1.807) is 31.2 Å². The topological polar surface area (TPSA) is 144 Å². The zero-order chi connectivity index (χ0) is 18.2. The van der Waals surface area contributed by atoms with Crippen LogP contribution in [-0.4, -0.2) is 50.0 Å². The Morgan fingerprint density at radius 1 is 1.12 bits per heavy atom. The predicted octanol–water partition coefficient (Wildman–Crippen LogP) is 0.554. The molecule has 9 nitrogen and oxygen atoms in total. The van der Waals surface area contributed by atoms with E-state index in [0.717, 1.165) is 5.56 Å². The second kappa shape index (κ2) is 8.78. The van der Waals surface area contributed by atoms with Crippen LogP contribution in [0.15, 0.2) is 24.3 Å². The number of aryl methyl sites for hydroxylation is 1. The molecule has 9 heteroatoms. The van der Waals surface area contributed by atoms with Crippen LogP contribution in [0.25, 0.3) is 11.4 Å². The number of aromatic nitrogens is 4. The number of benzene rings is 1. The molecule has 1 aromatic heterocycles. The van der Waals surface area contributed by atoms with Gasteiger partial charge >= 0.3 is 5.97 Å². The average molecular weight is 344 g/mol. The largest absolute Gasteiger partial charge is 0.480 e. The minimum Gasteiger partial charge on any atom is -0.480 e. The Labute approximate surface area is 144 Å². The molecule has 1 unspecified atom stereocenters. The van der Waals surface area contributed by atoms with E-state index >= 15 is 0 Å². The van der Waals surface area contributed by atoms with Gasteiger partial charge in [0.1, 0.15) is 6.04 Å². The average Bonchev–Trinajstić information content (AvgIpc) is 2.61. The second-order valence-corrected chi connectivity index (χ2v) is 5.54. The van der Waals surface area contributed by atoms with Gasteiger partial charge in [0.25, 0.3) is 5.91 Å². The first kappa shape index (κ1) is 18.4. The van der Waals surface area contributed by atoms with Crippen LogP contribution in [0.4, 0.5) is 0 Å². The number of nitrogens with one attached hydrogen (secondary N) is 1. The Hall–Kier alpha value is -2.94. The molecule has 1 heterocycles. The number of nitrogens with zero attached hydrogens (tertiary/aromatic N) is 4. The number of unbranched alkanes of at least 4 members (excludes halogenated alkanes) is 1. The minimum atomic E-state index is -1.01. The number of carboxylic acid groups (broad SMARTS) is 1. The van der Waals surface area contributed by atoms with Crippen LogP contribution in [0.3, 0.4) is 0 Å². The summed E-state index contributed by atoms with van der Waals surface area (Å²) in [5, 5.41) is 27.0. The number of hydrogen-bond donors (Lipinski definition) is 3. The van der Waals surface area contributed by atoms with Crippen molar-refractivity contribution in [3.05, 3.63) is 35.7 Å². The van der Waals surface area contributed by atoms with E-state index in [1.807, 2.05) is 0 Å². The highest BCUT2D eigenvalue weighted by atomic mass is 16.4. The first-order valence-corrected chi connectivity index (χ1v) is 7.88. The molecule has 0 aliphatic heterocycles. The molecule has 0 spiro atoms. The number of hydrogen-bond acceptors (Lipinski definition) is 7. The fourth-order valence-electron chi connectivity index (χ4n) is 2.08. The zero-order valence-electron chi connectivity index (χ0n) is 13.8. The van der Waals surface area contributed by atoms with Crippen LogP contribution < -0.4 is 11.1 Å². The molecule has 1 aromatic carbocycles. The third-order valence-electron chi connectivity index (χ3n) is 3.53. The summed E-state index contributed by atoms with van der Waals surface area (Å²) >= 11 is 0. The summed E-state index contributed by atoms with van der Waals surface area (Å²) < 4.78 is 0. The van der Waals surface area contributed by atoms with Gasteiger partial charge in [0, 0.05) is 17.7 Å². The molecule has 1 atom stereocenters. The van der Waals surface area contributed by atoms with E-state index in [1.165, 1.54) is 0 Å². The summed E-state index contributed by atoms with van der Waals surface area (Å²) in [5.74, 6) is -0.321. The molecular weight excluding hydrogens is 324 g/mol. The molecule has 0 bridgehead atoms. The van der Waals surface area contributed by atoms with Crippen molar-refractivity contribution < 1.29 is 14.7 Å². The molecule has 0 fully saturated rings. The van der Waals surface area contributed by atoms with Gasteiger partial charge in [-0.15, -0.1) is 20.4 Å². The molecule has 25 heavy (non-hydrogen) atoms. The van der Waals surface area contributed by atoms with Crippen molar-refractivity contribution in [1.29, 1.82) is 0 Å². The fourth-order valence-corrected chi connectivity index (χ4v) is 2.08. The zero-order valence-corrected chi connectivity index (χ0v) is 13.8. The summed E-state index contributed by atoms with van der Waals surface area (Å²) in [7, 11) is 0. The number of rotatable bonds is 8. The lowest BCUT2D eigenvalue weighted by Gasteiger charge is -2.07. The van der Waals surface area contributed by atoms with Crippen molar-refractivity contribution in [3.8, 4) is 11.4 Å². The Morgan fingerprint density at radius 3 is 2.36 bits per heavy atom. The molecule has 0 aliphatic rings. The number of carbonyl (C=O) groups excluding carboxylic acids is 1. The number of carbonyl (C=O) groups is 2. The van der Waals surface area contributed by atoms with E-state index in [-0.39, 0.29) is 5.91 Å². The van der Waals surface area contributed by atoms with Gasteiger partial charge < -0.3 is 16.2 Å². The molecular formula is C16H20N6O3. The van der Waals surface area contributed by atoms with Crippen LogP contribution in [0.1, 0.15) is 35.4 Å². The van der Waals surface area contributed by atoms with E-state index < -0.39 is 12.0 Å². The van der Waals surface area contributed by atoms with Gasteiger partial charge in [0.05, 0.1) is 0 Å². The molecule has 4 N–H and O–H groups in total. The summed E-state index contributed by atoms with van der Waals surface area (Å²) in [4.78, 5) is 22.6. The van der Waals surface area contributed by atoms with Crippen LogP contribution in [-0.2, 0) is 4.79 Å². The first-order chi connectivity index (χ1) is 12.0.